The molecule has 4 rings (SSSR count). The molecule has 2 aromatic carbocycles. The van der Waals surface area contributed by atoms with Crippen LogP contribution in [0.25, 0.3) is 0 Å². The number of carbonyl (C=O) groups is 2. The van der Waals surface area contributed by atoms with Gasteiger partial charge in [0.1, 0.15) is 6.10 Å². The Hall–Kier alpha value is -2.78. The largest absolute Gasteiger partial charge is 0.490 e. The normalized spacial score (nSPS) is 21.5. The van der Waals surface area contributed by atoms with Gasteiger partial charge in [0, 0.05) is 41.9 Å². The minimum atomic E-state index is -5.04. The summed E-state index contributed by atoms with van der Waals surface area (Å²) in [6.45, 7) is 1.60. The second-order valence-electron chi connectivity index (χ2n) is 8.53. The molecule has 34 heavy (non-hydrogen) atoms. The summed E-state index contributed by atoms with van der Waals surface area (Å²) in [5.41, 5.74) is 1.41. The maximum absolute atomic E-state index is 12.8. The summed E-state index contributed by atoms with van der Waals surface area (Å²) in [6.07, 6.45) is -4.71. The second-order valence-corrected chi connectivity index (χ2v) is 8.97. The van der Waals surface area contributed by atoms with E-state index in [0.717, 1.165) is 5.69 Å². The number of nitrogens with one attached hydrogen (secondary N) is 1. The van der Waals surface area contributed by atoms with Crippen LogP contribution >= 0.6 is 11.6 Å². The molecule has 0 radical (unpaired) electrons. The third-order valence-electron chi connectivity index (χ3n) is 6.20. The summed E-state index contributed by atoms with van der Waals surface area (Å²) in [4.78, 5) is 27.9. The molecule has 1 amide bonds. The van der Waals surface area contributed by atoms with E-state index in [4.69, 9.17) is 16.3 Å². The van der Waals surface area contributed by atoms with E-state index in [1.165, 1.54) is 0 Å². The standard InChI is InChI=1S/C24H25ClF3N3O3/c25-17-8-6-16(7-9-17)22(32)30-12-10-18(11-13-30)29-20-14-31(19-4-2-1-3-5-19)15-21(20)34-23(33)24(26,27)28/h1-9,18,20-21,29H,10-15H2/t20-,21-/m0/s1. The summed E-state index contributed by atoms with van der Waals surface area (Å²) in [5, 5.41) is 3.95. The van der Waals surface area contributed by atoms with Crippen molar-refractivity contribution in [3.05, 3.63) is 65.2 Å². The fourth-order valence-electron chi connectivity index (χ4n) is 4.43. The minimum absolute atomic E-state index is 0.0120. The van der Waals surface area contributed by atoms with E-state index in [-0.39, 0.29) is 18.5 Å². The van der Waals surface area contributed by atoms with Crippen molar-refractivity contribution in [1.29, 1.82) is 0 Å². The number of piperidine rings is 1. The lowest BCUT2D eigenvalue weighted by atomic mass is 10.0. The van der Waals surface area contributed by atoms with Crippen LogP contribution in [0, 0.1) is 0 Å². The average molecular weight is 496 g/mol. The van der Waals surface area contributed by atoms with Gasteiger partial charge in [0.15, 0.2) is 0 Å². The van der Waals surface area contributed by atoms with Gasteiger partial charge in [0.25, 0.3) is 5.91 Å². The van der Waals surface area contributed by atoms with Crippen LogP contribution in [-0.2, 0) is 9.53 Å². The number of nitrogens with zero attached hydrogens (tertiary/aromatic N) is 2. The van der Waals surface area contributed by atoms with Gasteiger partial charge in [-0.15, -0.1) is 0 Å². The smallest absolute Gasteiger partial charge is 0.452 e. The van der Waals surface area contributed by atoms with E-state index < -0.39 is 24.3 Å². The Bertz CT molecular complexity index is 996. The maximum Gasteiger partial charge on any atom is 0.490 e. The zero-order valence-electron chi connectivity index (χ0n) is 18.3. The highest BCUT2D eigenvalue weighted by molar-refractivity contribution is 6.30. The Kier molecular flexibility index (Phi) is 7.33. The maximum atomic E-state index is 12.8. The van der Waals surface area contributed by atoms with Crippen molar-refractivity contribution < 1.29 is 27.5 Å². The molecule has 2 fully saturated rings. The molecule has 2 aromatic rings. The van der Waals surface area contributed by atoms with Gasteiger partial charge in [-0.25, -0.2) is 4.79 Å². The van der Waals surface area contributed by atoms with Gasteiger partial charge in [-0.05, 0) is 49.2 Å². The first-order valence-electron chi connectivity index (χ1n) is 11.1. The molecule has 0 aromatic heterocycles. The third-order valence-corrected chi connectivity index (χ3v) is 6.45. The molecule has 10 heteroatoms. The number of ether oxygens (including phenoxy) is 1. The zero-order valence-corrected chi connectivity index (χ0v) is 19.1. The van der Waals surface area contributed by atoms with Gasteiger partial charge in [-0.2, -0.15) is 13.2 Å². The molecule has 182 valence electrons. The molecule has 0 bridgehead atoms. The Morgan fingerprint density at radius 2 is 1.62 bits per heavy atom. The molecule has 2 heterocycles. The number of carbonyl (C=O) groups excluding carboxylic acids is 2. The molecule has 2 saturated heterocycles. The number of likely N-dealkylation sites (tertiary alicyclic amines) is 1. The van der Waals surface area contributed by atoms with E-state index in [1.54, 1.807) is 29.2 Å². The summed E-state index contributed by atoms with van der Waals surface area (Å²) in [7, 11) is 0. The number of para-hydroxylation sites is 1. The van der Waals surface area contributed by atoms with Crippen LogP contribution < -0.4 is 10.2 Å². The number of hydrogen-bond acceptors (Lipinski definition) is 5. The molecule has 2 aliphatic heterocycles. The summed E-state index contributed by atoms with van der Waals surface area (Å²) < 4.78 is 43.4. The lowest BCUT2D eigenvalue weighted by molar-refractivity contribution is -0.204. The topological polar surface area (TPSA) is 61.9 Å². The number of esters is 1. The Morgan fingerprint density at radius 3 is 2.24 bits per heavy atom. The molecule has 0 unspecified atom stereocenters. The highest BCUT2D eigenvalue weighted by atomic mass is 35.5. The van der Waals surface area contributed by atoms with Crippen LogP contribution in [0.2, 0.25) is 5.02 Å². The Morgan fingerprint density at radius 1 is 0.971 bits per heavy atom. The molecule has 0 spiro atoms. The quantitative estimate of drug-likeness (QED) is 0.638. The molecule has 0 aliphatic carbocycles. The van der Waals surface area contributed by atoms with Crippen molar-refractivity contribution in [2.24, 2.45) is 0 Å². The minimum Gasteiger partial charge on any atom is -0.452 e. The summed E-state index contributed by atoms with van der Waals surface area (Å²) in [6, 6.07) is 15.5. The fraction of sp³-hybridized carbons (Fsp3) is 0.417. The van der Waals surface area contributed by atoms with Crippen LogP contribution in [0.1, 0.15) is 23.2 Å². The number of hydrogen-bond donors (Lipinski definition) is 1. The van der Waals surface area contributed by atoms with Crippen LogP contribution in [0.3, 0.4) is 0 Å². The van der Waals surface area contributed by atoms with E-state index >= 15 is 0 Å². The summed E-state index contributed by atoms with van der Waals surface area (Å²) in [5.74, 6) is -2.26. The second kappa shape index (κ2) is 10.2. The molecular weight excluding hydrogens is 471 g/mol. The highest BCUT2D eigenvalue weighted by Gasteiger charge is 2.46. The van der Waals surface area contributed by atoms with E-state index in [1.807, 2.05) is 35.2 Å². The van der Waals surface area contributed by atoms with Crippen LogP contribution in [-0.4, -0.2) is 67.3 Å². The molecule has 2 atom stereocenters. The number of anilines is 1. The van der Waals surface area contributed by atoms with Crippen LogP contribution in [0.5, 0.6) is 0 Å². The lowest BCUT2D eigenvalue weighted by Gasteiger charge is -2.34. The number of amides is 1. The monoisotopic (exact) mass is 495 g/mol. The van der Waals surface area contributed by atoms with E-state index in [9.17, 15) is 22.8 Å². The average Bonchev–Trinajstić information content (AvgIpc) is 3.22. The number of rotatable bonds is 5. The predicted octanol–water partition coefficient (Wildman–Crippen LogP) is 3.90. The highest BCUT2D eigenvalue weighted by Crippen LogP contribution is 2.26. The Balaban J connectivity index is 1.38. The van der Waals surface area contributed by atoms with Gasteiger partial charge in [-0.1, -0.05) is 29.8 Å². The van der Waals surface area contributed by atoms with Gasteiger partial charge in [-0.3, -0.25) is 4.79 Å². The molecule has 6 nitrogen and oxygen atoms in total. The third kappa shape index (κ3) is 5.82. The van der Waals surface area contributed by atoms with Crippen molar-refractivity contribution in [3.63, 3.8) is 0 Å². The first kappa shape index (κ1) is 24.3. The van der Waals surface area contributed by atoms with Crippen molar-refractivity contribution in [2.75, 3.05) is 31.1 Å². The first-order chi connectivity index (χ1) is 16.2. The van der Waals surface area contributed by atoms with Crippen molar-refractivity contribution in [2.45, 2.75) is 37.2 Å². The number of benzene rings is 2. The number of alkyl halides is 3. The van der Waals surface area contributed by atoms with Crippen LogP contribution in [0.15, 0.2) is 54.6 Å². The predicted molar refractivity (Wildman–Crippen MR) is 122 cm³/mol. The fourth-order valence-corrected chi connectivity index (χ4v) is 4.56. The van der Waals surface area contributed by atoms with Gasteiger partial charge < -0.3 is 19.9 Å². The first-order valence-corrected chi connectivity index (χ1v) is 11.5. The van der Waals surface area contributed by atoms with Crippen molar-refractivity contribution in [3.8, 4) is 0 Å². The SMILES string of the molecule is O=C(c1ccc(Cl)cc1)N1CCC(N[C@H]2CN(c3ccccc3)C[C@@H]2OC(=O)C(F)(F)F)CC1. The zero-order chi connectivity index (χ0) is 24.3. The Labute approximate surface area is 200 Å². The van der Waals surface area contributed by atoms with Crippen LogP contribution in [0.4, 0.5) is 18.9 Å². The van der Waals surface area contributed by atoms with Gasteiger partial charge in [0.05, 0.1) is 12.6 Å². The summed E-state index contributed by atoms with van der Waals surface area (Å²) >= 11 is 5.89. The molecule has 1 N–H and O–H groups in total. The molecular formula is C24H25ClF3N3O3. The van der Waals surface area contributed by atoms with Crippen molar-refractivity contribution >= 4 is 29.2 Å². The van der Waals surface area contributed by atoms with E-state index in [0.29, 0.717) is 43.1 Å². The lowest BCUT2D eigenvalue weighted by Crippen LogP contribution is -2.52. The van der Waals surface area contributed by atoms with E-state index in [2.05, 4.69) is 5.32 Å². The number of halogens is 4. The van der Waals surface area contributed by atoms with Crippen molar-refractivity contribution in [1.82, 2.24) is 10.2 Å². The molecule has 2 aliphatic rings. The molecule has 0 saturated carbocycles. The van der Waals surface area contributed by atoms with Gasteiger partial charge >= 0.3 is 12.1 Å². The van der Waals surface area contributed by atoms with Gasteiger partial charge in [0.2, 0.25) is 0 Å².